The quantitative estimate of drug-likeness (QED) is 0.810. The highest BCUT2D eigenvalue weighted by Crippen LogP contribution is 2.45. The molecule has 1 aromatic rings. The maximum absolute atomic E-state index is 6.01. The third-order valence-corrected chi connectivity index (χ3v) is 4.49. The zero-order valence-electron chi connectivity index (χ0n) is 10.7. The number of anilines is 2. The number of nitrogen functional groups attached to an aromatic ring is 1. The highest BCUT2D eigenvalue weighted by Gasteiger charge is 2.39. The zero-order chi connectivity index (χ0) is 11.9. The highest BCUT2D eigenvalue weighted by molar-refractivity contribution is 5.62. The summed E-state index contributed by atoms with van der Waals surface area (Å²) in [5.41, 5.74) is 7.41. The molecule has 0 bridgehead atoms. The average molecular weight is 234 g/mol. The van der Waals surface area contributed by atoms with Crippen molar-refractivity contribution in [2.75, 3.05) is 23.7 Å². The zero-order valence-corrected chi connectivity index (χ0v) is 10.7. The van der Waals surface area contributed by atoms with E-state index in [1.54, 1.807) is 0 Å². The van der Waals surface area contributed by atoms with Gasteiger partial charge in [-0.15, -0.1) is 0 Å². The van der Waals surface area contributed by atoms with Crippen LogP contribution in [0.25, 0.3) is 0 Å². The van der Waals surface area contributed by atoms with Crippen molar-refractivity contribution in [2.24, 2.45) is 12.5 Å². The van der Waals surface area contributed by atoms with E-state index in [1.807, 2.05) is 17.9 Å². The maximum Gasteiger partial charge on any atom is 0.173 e. The molecule has 2 aliphatic rings. The first-order chi connectivity index (χ1) is 8.19. The summed E-state index contributed by atoms with van der Waals surface area (Å²) in [5, 5.41) is 4.49. The lowest BCUT2D eigenvalue weighted by Gasteiger charge is -2.33. The fraction of sp³-hybridized carbons (Fsp3) is 0.769. The molecule has 4 heteroatoms. The van der Waals surface area contributed by atoms with Crippen molar-refractivity contribution in [1.82, 2.24) is 9.78 Å². The summed E-state index contributed by atoms with van der Waals surface area (Å²) in [6, 6.07) is 0. The van der Waals surface area contributed by atoms with Gasteiger partial charge in [-0.05, 0) is 24.7 Å². The highest BCUT2D eigenvalue weighted by atomic mass is 15.4. The average Bonchev–Trinajstić information content (AvgIpc) is 2.84. The number of rotatable bonds is 1. The predicted molar refractivity (Wildman–Crippen MR) is 70.0 cm³/mol. The second kappa shape index (κ2) is 3.93. The Kier molecular flexibility index (Phi) is 2.53. The molecule has 2 fully saturated rings. The molecular formula is C13H22N4. The van der Waals surface area contributed by atoms with E-state index in [4.69, 9.17) is 5.73 Å². The summed E-state index contributed by atoms with van der Waals surface area (Å²) in [7, 11) is 1.94. The molecule has 0 unspecified atom stereocenters. The van der Waals surface area contributed by atoms with E-state index < -0.39 is 0 Å². The van der Waals surface area contributed by atoms with Gasteiger partial charge in [0.05, 0.1) is 5.69 Å². The molecule has 1 saturated carbocycles. The Morgan fingerprint density at radius 1 is 1.24 bits per heavy atom. The lowest BCUT2D eigenvalue weighted by molar-refractivity contribution is 0.219. The van der Waals surface area contributed by atoms with Gasteiger partial charge < -0.3 is 10.6 Å². The number of aryl methyl sites for hydroxylation is 1. The van der Waals surface area contributed by atoms with Crippen molar-refractivity contribution in [3.05, 3.63) is 6.20 Å². The van der Waals surface area contributed by atoms with Crippen LogP contribution in [0.5, 0.6) is 0 Å². The minimum absolute atomic E-state index is 0.572. The Morgan fingerprint density at radius 2 is 2.00 bits per heavy atom. The molecule has 0 radical (unpaired) electrons. The van der Waals surface area contributed by atoms with Crippen LogP contribution in [0.15, 0.2) is 6.20 Å². The third-order valence-electron chi connectivity index (χ3n) is 4.49. The fourth-order valence-corrected chi connectivity index (χ4v) is 3.57. The van der Waals surface area contributed by atoms with Crippen LogP contribution < -0.4 is 10.6 Å². The van der Waals surface area contributed by atoms with Gasteiger partial charge in [0, 0.05) is 26.3 Å². The van der Waals surface area contributed by atoms with Gasteiger partial charge in [0.2, 0.25) is 0 Å². The summed E-state index contributed by atoms with van der Waals surface area (Å²) in [6.07, 6.45) is 10.3. The lowest BCUT2D eigenvalue weighted by atomic mass is 9.73. The molecule has 1 saturated heterocycles. The molecule has 0 aromatic carbocycles. The normalized spacial score (nSPS) is 23.5. The summed E-state index contributed by atoms with van der Waals surface area (Å²) in [6.45, 7) is 2.29. The molecule has 3 rings (SSSR count). The van der Waals surface area contributed by atoms with Gasteiger partial charge in [0.15, 0.2) is 5.82 Å². The van der Waals surface area contributed by atoms with Gasteiger partial charge >= 0.3 is 0 Å². The first-order valence-corrected chi connectivity index (χ1v) is 6.73. The minimum Gasteiger partial charge on any atom is -0.394 e. The Bertz CT molecular complexity index is 404. The second-order valence-corrected chi connectivity index (χ2v) is 5.81. The molecule has 0 amide bonds. The Hall–Kier alpha value is -1.19. The molecule has 1 aliphatic carbocycles. The van der Waals surface area contributed by atoms with Crippen molar-refractivity contribution in [1.29, 1.82) is 0 Å². The number of nitrogens with two attached hydrogens (primary N) is 1. The molecule has 17 heavy (non-hydrogen) atoms. The van der Waals surface area contributed by atoms with Crippen molar-refractivity contribution in [2.45, 2.75) is 38.5 Å². The molecule has 2 N–H and O–H groups in total. The smallest absolute Gasteiger partial charge is 0.173 e. The van der Waals surface area contributed by atoms with Crippen molar-refractivity contribution in [3.63, 3.8) is 0 Å². The van der Waals surface area contributed by atoms with Gasteiger partial charge in [0.1, 0.15) is 0 Å². The van der Waals surface area contributed by atoms with Crippen LogP contribution in [0.2, 0.25) is 0 Å². The number of hydrogen-bond donors (Lipinski definition) is 1. The standard InChI is InChI=1S/C13H22N4/c1-16-9-11(14)12(15-16)17-8-7-13(10-17)5-3-2-4-6-13/h9H,2-8,10,14H2,1H3. The Balaban J connectivity index is 1.77. The molecule has 2 heterocycles. The lowest BCUT2D eigenvalue weighted by Crippen LogP contribution is -2.29. The van der Waals surface area contributed by atoms with Crippen LogP contribution in [0.3, 0.4) is 0 Å². The maximum atomic E-state index is 6.01. The van der Waals surface area contributed by atoms with E-state index in [0.29, 0.717) is 5.41 Å². The van der Waals surface area contributed by atoms with Crippen LogP contribution in [-0.2, 0) is 7.05 Å². The minimum atomic E-state index is 0.572. The largest absolute Gasteiger partial charge is 0.394 e. The van der Waals surface area contributed by atoms with E-state index in [0.717, 1.165) is 24.6 Å². The monoisotopic (exact) mass is 234 g/mol. The number of hydrogen-bond acceptors (Lipinski definition) is 3. The van der Waals surface area contributed by atoms with Gasteiger partial charge in [-0.25, -0.2) is 0 Å². The first kappa shape index (κ1) is 10.9. The van der Waals surface area contributed by atoms with Crippen LogP contribution >= 0.6 is 0 Å². The van der Waals surface area contributed by atoms with Crippen LogP contribution in [-0.4, -0.2) is 22.9 Å². The van der Waals surface area contributed by atoms with Crippen molar-refractivity contribution in [3.8, 4) is 0 Å². The summed E-state index contributed by atoms with van der Waals surface area (Å²) >= 11 is 0. The predicted octanol–water partition coefficient (Wildman–Crippen LogP) is 2.16. The number of aromatic nitrogens is 2. The molecule has 1 spiro atoms. The summed E-state index contributed by atoms with van der Waals surface area (Å²) in [4.78, 5) is 2.39. The van der Waals surface area contributed by atoms with Crippen LogP contribution in [0, 0.1) is 5.41 Å². The van der Waals surface area contributed by atoms with Gasteiger partial charge in [0.25, 0.3) is 0 Å². The SMILES string of the molecule is Cn1cc(N)c(N2CCC3(CCCCC3)C2)n1. The van der Waals surface area contributed by atoms with Crippen LogP contribution in [0.4, 0.5) is 11.5 Å². The molecular weight excluding hydrogens is 212 g/mol. The van der Waals surface area contributed by atoms with E-state index in [2.05, 4.69) is 10.00 Å². The van der Waals surface area contributed by atoms with E-state index in [1.165, 1.54) is 38.5 Å². The van der Waals surface area contributed by atoms with Gasteiger partial charge in [-0.3, -0.25) is 4.68 Å². The second-order valence-electron chi connectivity index (χ2n) is 5.81. The van der Waals surface area contributed by atoms with Gasteiger partial charge in [-0.1, -0.05) is 19.3 Å². The first-order valence-electron chi connectivity index (χ1n) is 6.73. The van der Waals surface area contributed by atoms with Gasteiger partial charge in [-0.2, -0.15) is 5.10 Å². The molecule has 4 nitrogen and oxygen atoms in total. The molecule has 1 aliphatic heterocycles. The third kappa shape index (κ3) is 1.90. The Labute approximate surface area is 103 Å². The van der Waals surface area contributed by atoms with E-state index in [-0.39, 0.29) is 0 Å². The van der Waals surface area contributed by atoms with Crippen molar-refractivity contribution < 1.29 is 0 Å². The van der Waals surface area contributed by atoms with E-state index >= 15 is 0 Å². The molecule has 0 atom stereocenters. The fourth-order valence-electron chi connectivity index (χ4n) is 3.57. The topological polar surface area (TPSA) is 47.1 Å². The van der Waals surface area contributed by atoms with Crippen molar-refractivity contribution >= 4 is 11.5 Å². The Morgan fingerprint density at radius 3 is 2.65 bits per heavy atom. The van der Waals surface area contributed by atoms with E-state index in [9.17, 15) is 0 Å². The summed E-state index contributed by atoms with van der Waals surface area (Å²) in [5.74, 6) is 0.995. The number of nitrogens with zero attached hydrogens (tertiary/aromatic N) is 3. The molecule has 1 aromatic heterocycles. The summed E-state index contributed by atoms with van der Waals surface area (Å²) < 4.78 is 1.82. The molecule has 94 valence electrons. The van der Waals surface area contributed by atoms with Crippen LogP contribution in [0.1, 0.15) is 38.5 Å².